The van der Waals surface area contributed by atoms with Gasteiger partial charge in [-0.2, -0.15) is 5.10 Å². The Labute approximate surface area is 210 Å². The number of carbonyl (C=O) groups is 1. The Morgan fingerprint density at radius 3 is 2.44 bits per heavy atom. The van der Waals surface area contributed by atoms with Gasteiger partial charge in [0.1, 0.15) is 6.61 Å². The van der Waals surface area contributed by atoms with Crippen LogP contribution in [0, 0.1) is 20.2 Å². The van der Waals surface area contributed by atoms with Crippen LogP contribution in [0.2, 0.25) is 5.02 Å². The van der Waals surface area contributed by atoms with Crippen molar-refractivity contribution in [2.24, 2.45) is 5.10 Å². The maximum absolute atomic E-state index is 12.2. The molecule has 3 rings (SSSR count). The van der Waals surface area contributed by atoms with Crippen LogP contribution in [0.4, 0.5) is 11.4 Å². The number of carbonyl (C=O) groups excluding carboxylic acids is 1. The van der Waals surface area contributed by atoms with Crippen molar-refractivity contribution in [1.82, 2.24) is 5.43 Å². The summed E-state index contributed by atoms with van der Waals surface area (Å²) in [4.78, 5) is 33.1. The number of hydrazone groups is 1. The van der Waals surface area contributed by atoms with E-state index in [1.807, 2.05) is 0 Å². The van der Waals surface area contributed by atoms with Crippen LogP contribution in [-0.2, 0) is 17.8 Å². The normalized spacial score (nSPS) is 10.7. The van der Waals surface area contributed by atoms with E-state index in [0.717, 1.165) is 0 Å². The zero-order valence-corrected chi connectivity index (χ0v) is 19.8. The van der Waals surface area contributed by atoms with Crippen LogP contribution >= 0.6 is 11.6 Å². The van der Waals surface area contributed by atoms with Crippen molar-refractivity contribution in [3.05, 3.63) is 103 Å². The largest absolute Gasteiger partial charge is 0.490 e. The minimum absolute atomic E-state index is 0.0236. The molecule has 3 aromatic rings. The van der Waals surface area contributed by atoms with Crippen LogP contribution in [0.1, 0.15) is 23.6 Å². The Morgan fingerprint density at radius 1 is 1.06 bits per heavy atom. The molecule has 0 spiro atoms. The third kappa shape index (κ3) is 7.00. The predicted octanol–water partition coefficient (Wildman–Crippen LogP) is 4.83. The van der Waals surface area contributed by atoms with E-state index in [2.05, 4.69) is 10.5 Å². The van der Waals surface area contributed by atoms with Crippen LogP contribution < -0.4 is 14.9 Å². The highest BCUT2D eigenvalue weighted by Crippen LogP contribution is 2.37. The maximum Gasteiger partial charge on any atom is 0.273 e. The molecule has 0 radical (unpaired) electrons. The fraction of sp³-hybridized carbons (Fsp3) is 0.167. The Hall–Kier alpha value is -4.51. The number of hydrogen-bond donors (Lipinski definition) is 1. The molecule has 0 heterocycles. The van der Waals surface area contributed by atoms with Gasteiger partial charge in [0, 0.05) is 23.8 Å². The molecule has 0 saturated carbocycles. The average Bonchev–Trinajstić information content (AvgIpc) is 2.84. The maximum atomic E-state index is 12.2. The lowest BCUT2D eigenvalue weighted by Crippen LogP contribution is -2.20. The second-order valence-corrected chi connectivity index (χ2v) is 7.74. The molecule has 0 aliphatic rings. The molecular weight excluding hydrogens is 492 g/mol. The van der Waals surface area contributed by atoms with Crippen molar-refractivity contribution in [3.63, 3.8) is 0 Å². The van der Waals surface area contributed by atoms with Gasteiger partial charge in [-0.15, -0.1) is 0 Å². The second-order valence-electron chi connectivity index (χ2n) is 7.33. The minimum Gasteiger partial charge on any atom is -0.490 e. The standard InChI is InChI=1S/C24H21ClN4O7/c1-2-35-22-12-17(14-26-27-23(30)13-18-5-3-4-6-21(18)29(33)34)11-20(25)24(22)36-15-16-7-9-19(10-8-16)28(31)32/h3-12,14H,2,13,15H2,1H3,(H,27,30)/b26-14+. The zero-order chi connectivity index (χ0) is 26.1. The fourth-order valence-electron chi connectivity index (χ4n) is 3.16. The molecule has 0 aliphatic heterocycles. The second kappa shape index (κ2) is 12.3. The Balaban J connectivity index is 1.67. The van der Waals surface area contributed by atoms with Crippen molar-refractivity contribution in [2.75, 3.05) is 6.61 Å². The highest BCUT2D eigenvalue weighted by molar-refractivity contribution is 6.32. The van der Waals surface area contributed by atoms with Crippen molar-refractivity contribution < 1.29 is 24.1 Å². The van der Waals surface area contributed by atoms with Gasteiger partial charge in [0.25, 0.3) is 11.4 Å². The van der Waals surface area contributed by atoms with Gasteiger partial charge in [0.05, 0.1) is 34.1 Å². The number of rotatable bonds is 11. The molecule has 0 saturated heterocycles. The average molecular weight is 513 g/mol. The summed E-state index contributed by atoms with van der Waals surface area (Å²) >= 11 is 6.39. The molecule has 0 aromatic heterocycles. The van der Waals surface area contributed by atoms with E-state index in [-0.39, 0.29) is 40.7 Å². The van der Waals surface area contributed by atoms with Crippen molar-refractivity contribution in [3.8, 4) is 11.5 Å². The van der Waals surface area contributed by atoms with E-state index in [1.54, 1.807) is 37.3 Å². The van der Waals surface area contributed by atoms with E-state index in [9.17, 15) is 25.0 Å². The predicted molar refractivity (Wildman–Crippen MR) is 133 cm³/mol. The van der Waals surface area contributed by atoms with E-state index in [4.69, 9.17) is 21.1 Å². The number of hydrogen-bond acceptors (Lipinski definition) is 8. The van der Waals surface area contributed by atoms with Crippen molar-refractivity contribution in [2.45, 2.75) is 20.0 Å². The third-order valence-corrected chi connectivity index (χ3v) is 5.08. The Kier molecular flexibility index (Phi) is 8.89. The molecule has 1 amide bonds. The zero-order valence-electron chi connectivity index (χ0n) is 19.0. The lowest BCUT2D eigenvalue weighted by Gasteiger charge is -2.14. The summed E-state index contributed by atoms with van der Waals surface area (Å²) < 4.78 is 11.4. The number of nitro groups is 2. The highest BCUT2D eigenvalue weighted by atomic mass is 35.5. The number of ether oxygens (including phenoxy) is 2. The summed E-state index contributed by atoms with van der Waals surface area (Å²) in [6.45, 7) is 2.22. The lowest BCUT2D eigenvalue weighted by atomic mass is 10.1. The summed E-state index contributed by atoms with van der Waals surface area (Å²) in [7, 11) is 0. The van der Waals surface area contributed by atoms with Gasteiger partial charge < -0.3 is 9.47 Å². The van der Waals surface area contributed by atoms with Gasteiger partial charge in [-0.25, -0.2) is 5.43 Å². The van der Waals surface area contributed by atoms with Gasteiger partial charge in [-0.05, 0) is 42.3 Å². The van der Waals surface area contributed by atoms with Gasteiger partial charge in [0.15, 0.2) is 11.5 Å². The summed E-state index contributed by atoms with van der Waals surface area (Å²) in [5.41, 5.74) is 3.65. The summed E-state index contributed by atoms with van der Waals surface area (Å²) in [6, 6.07) is 15.1. The monoisotopic (exact) mass is 512 g/mol. The van der Waals surface area contributed by atoms with Crippen molar-refractivity contribution >= 4 is 35.1 Å². The molecule has 12 heteroatoms. The SMILES string of the molecule is CCOc1cc(/C=N/NC(=O)Cc2ccccc2[N+](=O)[O-])cc(Cl)c1OCc1ccc([N+](=O)[O-])cc1. The number of nitrogens with zero attached hydrogens (tertiary/aromatic N) is 3. The molecular formula is C24H21ClN4O7. The van der Waals surface area contributed by atoms with E-state index in [0.29, 0.717) is 23.5 Å². The molecule has 0 fully saturated rings. The molecule has 0 bridgehead atoms. The van der Waals surface area contributed by atoms with Crippen LogP contribution in [0.3, 0.4) is 0 Å². The fourth-order valence-corrected chi connectivity index (χ4v) is 3.44. The van der Waals surface area contributed by atoms with Gasteiger partial charge in [-0.3, -0.25) is 25.0 Å². The first-order chi connectivity index (χ1) is 17.3. The molecule has 0 aliphatic carbocycles. The van der Waals surface area contributed by atoms with Gasteiger partial charge in [0.2, 0.25) is 5.91 Å². The number of nitrogens with one attached hydrogen (secondary N) is 1. The first-order valence-corrected chi connectivity index (χ1v) is 11.0. The number of non-ortho nitro benzene ring substituents is 1. The van der Waals surface area contributed by atoms with Crippen molar-refractivity contribution in [1.29, 1.82) is 0 Å². The number of benzene rings is 3. The van der Waals surface area contributed by atoms with Gasteiger partial charge in [-0.1, -0.05) is 29.8 Å². The first kappa shape index (κ1) is 26.1. The molecule has 3 aromatic carbocycles. The quantitative estimate of drug-likeness (QED) is 0.220. The summed E-state index contributed by atoms with van der Waals surface area (Å²) in [6.07, 6.45) is 1.14. The van der Waals surface area contributed by atoms with Crippen LogP contribution in [0.25, 0.3) is 0 Å². The lowest BCUT2D eigenvalue weighted by molar-refractivity contribution is -0.385. The topological polar surface area (TPSA) is 146 Å². The Morgan fingerprint density at radius 2 is 1.78 bits per heavy atom. The first-order valence-electron chi connectivity index (χ1n) is 10.6. The Bertz CT molecular complexity index is 1300. The third-order valence-electron chi connectivity index (χ3n) is 4.80. The molecule has 0 atom stereocenters. The molecule has 186 valence electrons. The van der Waals surface area contributed by atoms with Crippen LogP contribution in [-0.4, -0.2) is 28.6 Å². The smallest absolute Gasteiger partial charge is 0.273 e. The molecule has 0 unspecified atom stereocenters. The minimum atomic E-state index is -0.547. The molecule has 1 N–H and O–H groups in total. The van der Waals surface area contributed by atoms with E-state index in [1.165, 1.54) is 36.5 Å². The van der Waals surface area contributed by atoms with E-state index < -0.39 is 15.8 Å². The highest BCUT2D eigenvalue weighted by Gasteiger charge is 2.16. The van der Waals surface area contributed by atoms with Crippen LogP contribution in [0.5, 0.6) is 11.5 Å². The van der Waals surface area contributed by atoms with Crippen LogP contribution in [0.15, 0.2) is 65.8 Å². The summed E-state index contributed by atoms with van der Waals surface area (Å²) in [5, 5.41) is 26.0. The van der Waals surface area contributed by atoms with E-state index >= 15 is 0 Å². The number of amides is 1. The number of halogens is 1. The number of nitro benzene ring substituents is 2. The van der Waals surface area contributed by atoms with Gasteiger partial charge >= 0.3 is 0 Å². The molecule has 36 heavy (non-hydrogen) atoms. The number of para-hydroxylation sites is 1. The summed E-state index contributed by atoms with van der Waals surface area (Å²) in [5.74, 6) is 0.105. The molecule has 11 nitrogen and oxygen atoms in total.